The Morgan fingerprint density at radius 1 is 1.31 bits per heavy atom. The summed E-state index contributed by atoms with van der Waals surface area (Å²) in [5.41, 5.74) is 0.493. The number of thioether (sulfide) groups is 1. The summed E-state index contributed by atoms with van der Waals surface area (Å²) >= 11 is 7.50. The maximum absolute atomic E-state index is 13.1. The Labute approximate surface area is 178 Å². The number of nitrogens with zero attached hydrogens (tertiary/aromatic N) is 4. The normalized spacial score (nSPS) is 11.6. The first-order chi connectivity index (χ1) is 14.0. The molecule has 0 saturated heterocycles. The molecule has 3 aromatic rings. The summed E-state index contributed by atoms with van der Waals surface area (Å²) in [6.07, 6.45) is 2.61. The molecular weight excluding hydrogens is 412 g/mol. The van der Waals surface area contributed by atoms with Gasteiger partial charge in [0.2, 0.25) is 5.89 Å². The lowest BCUT2D eigenvalue weighted by Gasteiger charge is -2.13. The van der Waals surface area contributed by atoms with Crippen molar-refractivity contribution in [3.63, 3.8) is 0 Å². The van der Waals surface area contributed by atoms with E-state index >= 15 is 0 Å². The Bertz CT molecular complexity index is 1020. The third kappa shape index (κ3) is 5.81. The number of benzene rings is 1. The van der Waals surface area contributed by atoms with E-state index in [-0.39, 0.29) is 11.7 Å². The van der Waals surface area contributed by atoms with Crippen molar-refractivity contribution in [2.45, 2.75) is 63.6 Å². The van der Waals surface area contributed by atoms with Crippen molar-refractivity contribution in [3.05, 3.63) is 45.3 Å². The minimum Gasteiger partial charge on any atom is -0.379 e. The molecule has 1 aromatic carbocycles. The first kappa shape index (κ1) is 21.8. The predicted octanol–water partition coefficient (Wildman–Crippen LogP) is 4.49. The molecule has 0 aliphatic rings. The third-order valence-electron chi connectivity index (χ3n) is 4.17. The summed E-state index contributed by atoms with van der Waals surface area (Å²) in [7, 11) is 0. The van der Waals surface area contributed by atoms with Gasteiger partial charge in [0, 0.05) is 24.6 Å². The quantitative estimate of drug-likeness (QED) is 0.263. The molecular formula is C20H25ClN4O3S. The lowest BCUT2D eigenvalue weighted by Crippen LogP contribution is -2.24. The zero-order chi connectivity index (χ0) is 20.8. The molecule has 9 heteroatoms. The first-order valence-electron chi connectivity index (χ1n) is 9.74. The smallest absolute Gasteiger partial charge is 0.262 e. The second-order valence-electron chi connectivity index (χ2n) is 6.93. The van der Waals surface area contributed by atoms with Crippen LogP contribution in [0.4, 0.5) is 0 Å². The summed E-state index contributed by atoms with van der Waals surface area (Å²) < 4.78 is 12.6. The van der Waals surface area contributed by atoms with Gasteiger partial charge in [-0.05, 0) is 44.9 Å². The van der Waals surface area contributed by atoms with E-state index in [1.807, 2.05) is 13.8 Å². The van der Waals surface area contributed by atoms with E-state index in [1.54, 1.807) is 22.8 Å². The number of aromatic nitrogens is 4. The largest absolute Gasteiger partial charge is 0.379 e. The van der Waals surface area contributed by atoms with Crippen LogP contribution < -0.4 is 5.56 Å². The van der Waals surface area contributed by atoms with Gasteiger partial charge in [-0.15, -0.1) is 0 Å². The van der Waals surface area contributed by atoms with E-state index in [0.29, 0.717) is 58.1 Å². The SMILES string of the molecule is CCCc1noc(CSc2nc3cc(Cl)ccc3c(=O)n2CCCOC(C)C)n1. The van der Waals surface area contributed by atoms with Crippen molar-refractivity contribution < 1.29 is 9.26 Å². The molecule has 0 atom stereocenters. The molecule has 3 rings (SSSR count). The van der Waals surface area contributed by atoms with Gasteiger partial charge in [0.1, 0.15) is 0 Å². The fourth-order valence-electron chi connectivity index (χ4n) is 2.82. The summed E-state index contributed by atoms with van der Waals surface area (Å²) in [6, 6.07) is 5.14. The molecule has 0 radical (unpaired) electrons. The molecule has 0 bridgehead atoms. The molecule has 29 heavy (non-hydrogen) atoms. The third-order valence-corrected chi connectivity index (χ3v) is 5.36. The number of hydrogen-bond acceptors (Lipinski definition) is 7. The number of halogens is 1. The van der Waals surface area contributed by atoms with Gasteiger partial charge in [-0.3, -0.25) is 9.36 Å². The average Bonchev–Trinajstić information content (AvgIpc) is 3.12. The highest BCUT2D eigenvalue weighted by Gasteiger charge is 2.14. The monoisotopic (exact) mass is 436 g/mol. The summed E-state index contributed by atoms with van der Waals surface area (Å²) in [5, 5.41) is 5.67. The van der Waals surface area contributed by atoms with Crippen LogP contribution in [-0.4, -0.2) is 32.4 Å². The number of aryl methyl sites for hydroxylation is 1. The highest BCUT2D eigenvalue weighted by molar-refractivity contribution is 7.98. The minimum atomic E-state index is -0.0871. The Morgan fingerprint density at radius 3 is 2.90 bits per heavy atom. The molecule has 0 saturated carbocycles. The lowest BCUT2D eigenvalue weighted by atomic mass is 10.2. The van der Waals surface area contributed by atoms with Crippen LogP contribution >= 0.6 is 23.4 Å². The van der Waals surface area contributed by atoms with Crippen LogP contribution in [0.25, 0.3) is 10.9 Å². The minimum absolute atomic E-state index is 0.0871. The Balaban J connectivity index is 1.85. The highest BCUT2D eigenvalue weighted by atomic mass is 35.5. The first-order valence-corrected chi connectivity index (χ1v) is 11.1. The second-order valence-corrected chi connectivity index (χ2v) is 8.31. The fraction of sp³-hybridized carbons (Fsp3) is 0.500. The molecule has 0 fully saturated rings. The zero-order valence-corrected chi connectivity index (χ0v) is 18.4. The molecule has 0 unspecified atom stereocenters. The van der Waals surface area contributed by atoms with Gasteiger partial charge in [0.15, 0.2) is 11.0 Å². The van der Waals surface area contributed by atoms with Crippen molar-refractivity contribution in [2.75, 3.05) is 6.61 Å². The number of ether oxygens (including phenoxy) is 1. The molecule has 0 spiro atoms. The number of fused-ring (bicyclic) bond motifs is 1. The maximum Gasteiger partial charge on any atom is 0.262 e. The molecule has 0 N–H and O–H groups in total. The molecule has 0 aliphatic carbocycles. The molecule has 0 aliphatic heterocycles. The van der Waals surface area contributed by atoms with E-state index in [4.69, 9.17) is 20.9 Å². The van der Waals surface area contributed by atoms with Gasteiger partial charge < -0.3 is 9.26 Å². The van der Waals surface area contributed by atoms with Crippen molar-refractivity contribution in [1.29, 1.82) is 0 Å². The van der Waals surface area contributed by atoms with E-state index in [1.165, 1.54) is 11.8 Å². The van der Waals surface area contributed by atoms with E-state index in [9.17, 15) is 4.79 Å². The zero-order valence-electron chi connectivity index (χ0n) is 16.9. The average molecular weight is 437 g/mol. The lowest BCUT2D eigenvalue weighted by molar-refractivity contribution is 0.0743. The van der Waals surface area contributed by atoms with E-state index in [0.717, 1.165) is 12.8 Å². The fourth-order valence-corrected chi connectivity index (χ4v) is 3.85. The second kappa shape index (κ2) is 10.2. The van der Waals surface area contributed by atoms with Gasteiger partial charge in [0.25, 0.3) is 5.56 Å². The van der Waals surface area contributed by atoms with Crippen LogP contribution in [0.2, 0.25) is 5.02 Å². The summed E-state index contributed by atoms with van der Waals surface area (Å²) in [4.78, 5) is 22.1. The van der Waals surface area contributed by atoms with E-state index < -0.39 is 0 Å². The molecule has 2 aromatic heterocycles. The van der Waals surface area contributed by atoms with Gasteiger partial charge in [-0.2, -0.15) is 4.98 Å². The topological polar surface area (TPSA) is 83.0 Å². The van der Waals surface area contributed by atoms with Crippen molar-refractivity contribution in [1.82, 2.24) is 19.7 Å². The van der Waals surface area contributed by atoms with Crippen LogP contribution in [-0.2, 0) is 23.5 Å². The number of hydrogen-bond donors (Lipinski definition) is 0. The summed E-state index contributed by atoms with van der Waals surface area (Å²) in [5.74, 6) is 1.66. The van der Waals surface area contributed by atoms with Crippen molar-refractivity contribution >= 4 is 34.3 Å². The highest BCUT2D eigenvalue weighted by Crippen LogP contribution is 2.23. The van der Waals surface area contributed by atoms with Gasteiger partial charge in [-0.25, -0.2) is 4.98 Å². The van der Waals surface area contributed by atoms with Crippen molar-refractivity contribution in [3.8, 4) is 0 Å². The van der Waals surface area contributed by atoms with Crippen molar-refractivity contribution in [2.24, 2.45) is 0 Å². The predicted molar refractivity (Wildman–Crippen MR) is 115 cm³/mol. The Kier molecular flexibility index (Phi) is 7.69. The number of rotatable bonds is 10. The molecule has 0 amide bonds. The summed E-state index contributed by atoms with van der Waals surface area (Å²) in [6.45, 7) is 7.15. The maximum atomic E-state index is 13.1. The van der Waals surface area contributed by atoms with Crippen LogP contribution in [0, 0.1) is 0 Å². The van der Waals surface area contributed by atoms with E-state index in [2.05, 4.69) is 22.0 Å². The van der Waals surface area contributed by atoms with Gasteiger partial charge in [0.05, 0.1) is 22.8 Å². The molecule has 156 valence electrons. The van der Waals surface area contributed by atoms with Crippen LogP contribution in [0.15, 0.2) is 32.7 Å². The van der Waals surface area contributed by atoms with Crippen LogP contribution in [0.1, 0.15) is 45.3 Å². The molecule has 2 heterocycles. The Morgan fingerprint density at radius 2 is 2.14 bits per heavy atom. The molecule has 7 nitrogen and oxygen atoms in total. The van der Waals surface area contributed by atoms with Gasteiger partial charge >= 0.3 is 0 Å². The van der Waals surface area contributed by atoms with Gasteiger partial charge in [-0.1, -0.05) is 35.4 Å². The Hall–Kier alpha value is -1.90. The standard InChI is InChI=1S/C20H25ClN4O3S/c1-4-6-17-23-18(28-24-17)12-29-20-22-16-11-14(21)7-8-15(16)19(26)25(20)9-5-10-27-13(2)3/h7-8,11,13H,4-6,9-10,12H2,1-3H3. The van der Waals surface area contributed by atoms with Crippen LogP contribution in [0.3, 0.4) is 0 Å². The van der Waals surface area contributed by atoms with Crippen LogP contribution in [0.5, 0.6) is 0 Å².